The SMILES string of the molecule is Cc1cccc(C#N)c1OCC(C)(C)C(=O)NC1CCN(C)CC1. The topological polar surface area (TPSA) is 65.4 Å². The maximum Gasteiger partial charge on any atom is 0.229 e. The number of carbonyl (C=O) groups is 1. The lowest BCUT2D eigenvalue weighted by molar-refractivity contribution is -0.131. The van der Waals surface area contributed by atoms with E-state index in [9.17, 15) is 10.1 Å². The molecule has 0 aliphatic carbocycles. The molecule has 5 heteroatoms. The van der Waals surface area contributed by atoms with Gasteiger partial charge in [-0.1, -0.05) is 12.1 Å². The van der Waals surface area contributed by atoms with E-state index in [0.717, 1.165) is 31.5 Å². The summed E-state index contributed by atoms with van der Waals surface area (Å²) in [5, 5.41) is 12.4. The molecule has 0 saturated carbocycles. The third-order valence-electron chi connectivity index (χ3n) is 4.58. The van der Waals surface area contributed by atoms with Gasteiger partial charge in [0, 0.05) is 6.04 Å². The molecular weight excluding hydrogens is 302 g/mol. The average Bonchev–Trinajstić information content (AvgIpc) is 2.55. The van der Waals surface area contributed by atoms with Gasteiger partial charge in [0.15, 0.2) is 0 Å². The fourth-order valence-corrected chi connectivity index (χ4v) is 2.78. The van der Waals surface area contributed by atoms with E-state index in [1.54, 1.807) is 6.07 Å². The molecule has 1 aromatic rings. The molecule has 5 nitrogen and oxygen atoms in total. The number of amides is 1. The molecule has 1 saturated heterocycles. The van der Waals surface area contributed by atoms with Crippen LogP contribution in [0, 0.1) is 23.7 Å². The van der Waals surface area contributed by atoms with Crippen LogP contribution in [0.3, 0.4) is 0 Å². The highest BCUT2D eigenvalue weighted by Crippen LogP contribution is 2.26. The third kappa shape index (κ3) is 4.48. The predicted molar refractivity (Wildman–Crippen MR) is 93.8 cm³/mol. The highest BCUT2D eigenvalue weighted by atomic mass is 16.5. The van der Waals surface area contributed by atoms with Crippen molar-refractivity contribution in [1.29, 1.82) is 5.26 Å². The number of nitriles is 1. The normalized spacial score (nSPS) is 16.5. The standard InChI is InChI=1S/C19H27N3O2/c1-14-6-5-7-15(12-20)17(14)24-13-19(2,3)18(23)21-16-8-10-22(4)11-9-16/h5-7,16H,8-11,13H2,1-4H3,(H,21,23). The average molecular weight is 329 g/mol. The number of aryl methyl sites for hydroxylation is 1. The first-order valence-corrected chi connectivity index (χ1v) is 8.45. The van der Waals surface area contributed by atoms with E-state index in [0.29, 0.717) is 11.3 Å². The molecule has 2 rings (SSSR count). The van der Waals surface area contributed by atoms with Crippen molar-refractivity contribution >= 4 is 5.91 Å². The highest BCUT2D eigenvalue weighted by molar-refractivity contribution is 5.82. The Morgan fingerprint density at radius 2 is 2.08 bits per heavy atom. The second-order valence-corrected chi connectivity index (χ2v) is 7.29. The van der Waals surface area contributed by atoms with Crippen molar-refractivity contribution < 1.29 is 9.53 Å². The number of piperidine rings is 1. The molecule has 1 amide bonds. The molecule has 130 valence electrons. The van der Waals surface area contributed by atoms with Gasteiger partial charge in [-0.2, -0.15) is 5.26 Å². The molecule has 1 fully saturated rings. The van der Waals surface area contributed by atoms with E-state index >= 15 is 0 Å². The molecule has 0 radical (unpaired) electrons. The number of likely N-dealkylation sites (tertiary alicyclic amines) is 1. The van der Waals surface area contributed by atoms with Gasteiger partial charge < -0.3 is 15.0 Å². The quantitative estimate of drug-likeness (QED) is 0.901. The minimum Gasteiger partial charge on any atom is -0.491 e. The number of benzene rings is 1. The van der Waals surface area contributed by atoms with Crippen LogP contribution >= 0.6 is 0 Å². The Morgan fingerprint density at radius 3 is 2.71 bits per heavy atom. The van der Waals surface area contributed by atoms with Crippen LogP contribution in [0.15, 0.2) is 18.2 Å². The van der Waals surface area contributed by atoms with Crippen LogP contribution < -0.4 is 10.1 Å². The maximum absolute atomic E-state index is 12.6. The van der Waals surface area contributed by atoms with Crippen molar-refractivity contribution in [3.8, 4) is 11.8 Å². The Labute approximate surface area is 144 Å². The highest BCUT2D eigenvalue weighted by Gasteiger charge is 2.31. The van der Waals surface area contributed by atoms with Crippen molar-refractivity contribution in [3.05, 3.63) is 29.3 Å². The van der Waals surface area contributed by atoms with E-state index in [2.05, 4.69) is 23.3 Å². The number of ether oxygens (including phenoxy) is 1. The zero-order valence-corrected chi connectivity index (χ0v) is 15.1. The van der Waals surface area contributed by atoms with Gasteiger partial charge in [-0.05, 0) is 65.4 Å². The van der Waals surface area contributed by atoms with Gasteiger partial charge in [0.25, 0.3) is 0 Å². The molecule has 1 aliphatic rings. The van der Waals surface area contributed by atoms with Gasteiger partial charge in [0.1, 0.15) is 18.4 Å². The fraction of sp³-hybridized carbons (Fsp3) is 0.579. The summed E-state index contributed by atoms with van der Waals surface area (Å²) in [5.41, 5.74) is 0.750. The zero-order chi connectivity index (χ0) is 17.7. The third-order valence-corrected chi connectivity index (χ3v) is 4.58. The van der Waals surface area contributed by atoms with Crippen molar-refractivity contribution in [2.24, 2.45) is 5.41 Å². The summed E-state index contributed by atoms with van der Waals surface area (Å²) in [5.74, 6) is 0.573. The monoisotopic (exact) mass is 329 g/mol. The second kappa shape index (κ2) is 7.67. The minimum absolute atomic E-state index is 0.00384. The summed E-state index contributed by atoms with van der Waals surface area (Å²) in [6.07, 6.45) is 1.96. The van der Waals surface area contributed by atoms with Crippen molar-refractivity contribution in [1.82, 2.24) is 10.2 Å². The summed E-state index contributed by atoms with van der Waals surface area (Å²) in [4.78, 5) is 14.9. The zero-order valence-electron chi connectivity index (χ0n) is 15.1. The van der Waals surface area contributed by atoms with Crippen LogP contribution in [0.25, 0.3) is 0 Å². The molecule has 0 unspecified atom stereocenters. The van der Waals surface area contributed by atoms with Gasteiger partial charge in [0.2, 0.25) is 5.91 Å². The summed E-state index contributed by atoms with van der Waals surface area (Å²) in [6.45, 7) is 7.92. The van der Waals surface area contributed by atoms with E-state index in [1.165, 1.54) is 0 Å². The Kier molecular flexibility index (Phi) is 5.84. The molecule has 1 aromatic carbocycles. The largest absolute Gasteiger partial charge is 0.491 e. The van der Waals surface area contributed by atoms with Gasteiger partial charge >= 0.3 is 0 Å². The number of hydrogen-bond donors (Lipinski definition) is 1. The van der Waals surface area contributed by atoms with Crippen LogP contribution in [0.2, 0.25) is 0 Å². The number of para-hydroxylation sites is 1. The lowest BCUT2D eigenvalue weighted by Gasteiger charge is -2.32. The molecule has 0 atom stereocenters. The molecule has 1 heterocycles. The Balaban J connectivity index is 1.96. The smallest absolute Gasteiger partial charge is 0.229 e. The molecule has 1 aliphatic heterocycles. The Bertz CT molecular complexity index is 626. The molecular formula is C19H27N3O2. The van der Waals surface area contributed by atoms with Crippen LogP contribution in [0.4, 0.5) is 0 Å². The van der Waals surface area contributed by atoms with Crippen molar-refractivity contribution in [3.63, 3.8) is 0 Å². The summed E-state index contributed by atoms with van der Waals surface area (Å²) < 4.78 is 5.86. The lowest BCUT2D eigenvalue weighted by Crippen LogP contribution is -2.49. The van der Waals surface area contributed by atoms with Gasteiger partial charge in [-0.25, -0.2) is 0 Å². The summed E-state index contributed by atoms with van der Waals surface area (Å²) >= 11 is 0. The van der Waals surface area contributed by atoms with Gasteiger partial charge in [-0.3, -0.25) is 4.79 Å². The Morgan fingerprint density at radius 1 is 1.42 bits per heavy atom. The van der Waals surface area contributed by atoms with E-state index in [1.807, 2.05) is 32.9 Å². The molecule has 0 spiro atoms. The lowest BCUT2D eigenvalue weighted by atomic mass is 9.92. The number of hydrogen-bond acceptors (Lipinski definition) is 4. The summed E-state index contributed by atoms with van der Waals surface area (Å²) in [6, 6.07) is 7.85. The van der Waals surface area contributed by atoms with Crippen molar-refractivity contribution in [2.45, 2.75) is 39.7 Å². The predicted octanol–water partition coefficient (Wildman–Crippen LogP) is 2.48. The maximum atomic E-state index is 12.6. The number of rotatable bonds is 5. The van der Waals surface area contributed by atoms with Crippen LogP contribution in [0.5, 0.6) is 5.75 Å². The molecule has 1 N–H and O–H groups in total. The van der Waals surface area contributed by atoms with Crippen LogP contribution in [0.1, 0.15) is 37.8 Å². The van der Waals surface area contributed by atoms with E-state index in [4.69, 9.17) is 4.74 Å². The first kappa shape index (κ1) is 18.3. The number of nitrogens with one attached hydrogen (secondary N) is 1. The fourth-order valence-electron chi connectivity index (χ4n) is 2.78. The molecule has 24 heavy (non-hydrogen) atoms. The van der Waals surface area contributed by atoms with Crippen LogP contribution in [-0.2, 0) is 4.79 Å². The first-order chi connectivity index (χ1) is 11.3. The van der Waals surface area contributed by atoms with Crippen molar-refractivity contribution in [2.75, 3.05) is 26.7 Å². The Hall–Kier alpha value is -2.06. The second-order valence-electron chi connectivity index (χ2n) is 7.29. The van der Waals surface area contributed by atoms with E-state index < -0.39 is 5.41 Å². The summed E-state index contributed by atoms with van der Waals surface area (Å²) in [7, 11) is 2.10. The first-order valence-electron chi connectivity index (χ1n) is 8.45. The number of carbonyl (C=O) groups excluding carboxylic acids is 1. The molecule has 0 bridgehead atoms. The minimum atomic E-state index is -0.654. The van der Waals surface area contributed by atoms with Crippen LogP contribution in [-0.4, -0.2) is 43.6 Å². The van der Waals surface area contributed by atoms with E-state index in [-0.39, 0.29) is 18.6 Å². The number of nitrogens with zero attached hydrogens (tertiary/aromatic N) is 2. The van der Waals surface area contributed by atoms with Gasteiger partial charge in [0.05, 0.1) is 11.0 Å². The molecule has 0 aromatic heterocycles. The van der Waals surface area contributed by atoms with Gasteiger partial charge in [-0.15, -0.1) is 0 Å².